The summed E-state index contributed by atoms with van der Waals surface area (Å²) in [6.07, 6.45) is 0.0661. The molecule has 1 aromatic heterocycles. The fourth-order valence-corrected chi connectivity index (χ4v) is 3.28. The summed E-state index contributed by atoms with van der Waals surface area (Å²) in [5.41, 5.74) is 2.83. The second-order valence-corrected chi connectivity index (χ2v) is 7.04. The summed E-state index contributed by atoms with van der Waals surface area (Å²) in [4.78, 5) is 14.3. The lowest BCUT2D eigenvalue weighted by atomic mass is 10.0. The molecule has 0 saturated heterocycles. The summed E-state index contributed by atoms with van der Waals surface area (Å²) in [5, 5.41) is 4.39. The van der Waals surface area contributed by atoms with E-state index in [0.717, 1.165) is 12.1 Å². The maximum Gasteiger partial charge on any atom is 0.227 e. The van der Waals surface area contributed by atoms with Crippen LogP contribution in [0.1, 0.15) is 35.5 Å². The third-order valence-corrected chi connectivity index (χ3v) is 5.25. The number of nitrogens with zero attached hydrogens (tertiary/aromatic N) is 3. The number of carbonyl (C=O) groups excluding carboxylic acids is 1. The Hall–Kier alpha value is -3.09. The average Bonchev–Trinajstić information content (AvgIpc) is 2.97. The third-order valence-electron chi connectivity index (χ3n) is 5.25. The molecular weight excluding hydrogens is 379 g/mol. The van der Waals surface area contributed by atoms with E-state index in [0.29, 0.717) is 28.2 Å². The van der Waals surface area contributed by atoms with Gasteiger partial charge in [-0.3, -0.25) is 4.79 Å². The predicted octanol–water partition coefficient (Wildman–Crippen LogP) is 4.67. The van der Waals surface area contributed by atoms with Crippen LogP contribution in [-0.4, -0.2) is 27.6 Å². The largest absolute Gasteiger partial charge is 0.339 e. The predicted molar refractivity (Wildman–Crippen MR) is 104 cm³/mol. The van der Waals surface area contributed by atoms with Gasteiger partial charge in [-0.25, -0.2) is 17.9 Å². The van der Waals surface area contributed by atoms with Crippen molar-refractivity contribution < 1.29 is 18.0 Å². The van der Waals surface area contributed by atoms with Crippen LogP contribution in [0.2, 0.25) is 0 Å². The SMILES string of the molecule is Cc1nn(-c2ccccc2F)c(C)c1CC(=O)N(C)C(C)c1ccc(F)c(F)c1. The van der Waals surface area contributed by atoms with E-state index < -0.39 is 23.5 Å². The summed E-state index contributed by atoms with van der Waals surface area (Å²) in [7, 11) is 1.61. The van der Waals surface area contributed by atoms with Crippen LogP contribution >= 0.6 is 0 Å². The number of benzene rings is 2. The third kappa shape index (κ3) is 4.04. The lowest BCUT2D eigenvalue weighted by Gasteiger charge is -2.25. The molecule has 0 aliphatic carbocycles. The van der Waals surface area contributed by atoms with Crippen LogP contribution in [-0.2, 0) is 11.2 Å². The number of likely N-dealkylation sites (N-methyl/N-ethyl adjacent to an activating group) is 1. The minimum absolute atomic E-state index is 0.0661. The Balaban J connectivity index is 1.83. The Morgan fingerprint density at radius 3 is 2.41 bits per heavy atom. The van der Waals surface area contributed by atoms with Crippen molar-refractivity contribution >= 4 is 5.91 Å². The smallest absolute Gasteiger partial charge is 0.227 e. The van der Waals surface area contributed by atoms with Crippen molar-refractivity contribution in [3.63, 3.8) is 0 Å². The van der Waals surface area contributed by atoms with Gasteiger partial charge in [0.1, 0.15) is 11.5 Å². The van der Waals surface area contributed by atoms with Gasteiger partial charge in [0.25, 0.3) is 0 Å². The summed E-state index contributed by atoms with van der Waals surface area (Å²) < 4.78 is 42.4. The first-order valence-electron chi connectivity index (χ1n) is 9.21. The molecule has 1 amide bonds. The maximum absolute atomic E-state index is 14.1. The first kappa shape index (κ1) is 20.6. The van der Waals surface area contributed by atoms with Gasteiger partial charge in [0.2, 0.25) is 5.91 Å². The molecule has 0 radical (unpaired) electrons. The fourth-order valence-electron chi connectivity index (χ4n) is 3.28. The second-order valence-electron chi connectivity index (χ2n) is 7.04. The van der Waals surface area contributed by atoms with E-state index in [1.54, 1.807) is 46.0 Å². The first-order valence-corrected chi connectivity index (χ1v) is 9.21. The van der Waals surface area contributed by atoms with Gasteiger partial charge < -0.3 is 4.90 Å². The highest BCUT2D eigenvalue weighted by atomic mass is 19.2. The molecule has 152 valence electrons. The van der Waals surface area contributed by atoms with Crippen molar-refractivity contribution in [2.45, 2.75) is 33.2 Å². The van der Waals surface area contributed by atoms with Crippen LogP contribution in [0.5, 0.6) is 0 Å². The zero-order chi connectivity index (χ0) is 21.3. The van der Waals surface area contributed by atoms with E-state index in [4.69, 9.17) is 0 Å². The van der Waals surface area contributed by atoms with Crippen LogP contribution < -0.4 is 0 Å². The number of hydrogen-bond donors (Lipinski definition) is 0. The Labute approximate surface area is 167 Å². The topological polar surface area (TPSA) is 38.1 Å². The van der Waals surface area contributed by atoms with E-state index in [1.807, 2.05) is 0 Å². The molecule has 0 aliphatic rings. The van der Waals surface area contributed by atoms with E-state index >= 15 is 0 Å². The molecule has 29 heavy (non-hydrogen) atoms. The minimum atomic E-state index is -0.951. The van der Waals surface area contributed by atoms with E-state index in [2.05, 4.69) is 5.10 Å². The van der Waals surface area contributed by atoms with Crippen LogP contribution in [0.4, 0.5) is 13.2 Å². The van der Waals surface area contributed by atoms with Crippen molar-refractivity contribution in [3.8, 4) is 5.69 Å². The maximum atomic E-state index is 14.1. The number of amides is 1. The first-order chi connectivity index (χ1) is 13.7. The van der Waals surface area contributed by atoms with Gasteiger partial charge in [-0.05, 0) is 50.6 Å². The minimum Gasteiger partial charge on any atom is -0.339 e. The summed E-state index contributed by atoms with van der Waals surface area (Å²) in [5.74, 6) is -2.49. The van der Waals surface area contributed by atoms with Crippen molar-refractivity contribution in [2.24, 2.45) is 0 Å². The Morgan fingerprint density at radius 1 is 1.07 bits per heavy atom. The molecule has 2 aromatic carbocycles. The molecule has 0 spiro atoms. The molecule has 0 bridgehead atoms. The van der Waals surface area contributed by atoms with Gasteiger partial charge in [-0.15, -0.1) is 0 Å². The van der Waals surface area contributed by atoms with Gasteiger partial charge in [0, 0.05) is 18.3 Å². The monoisotopic (exact) mass is 401 g/mol. The van der Waals surface area contributed by atoms with Crippen molar-refractivity contribution in [3.05, 3.63) is 82.4 Å². The average molecular weight is 401 g/mol. The van der Waals surface area contributed by atoms with Gasteiger partial charge in [-0.2, -0.15) is 5.10 Å². The van der Waals surface area contributed by atoms with Crippen LogP contribution in [0, 0.1) is 31.3 Å². The molecular formula is C22H22F3N3O. The fraction of sp³-hybridized carbons (Fsp3) is 0.273. The van der Waals surface area contributed by atoms with Gasteiger partial charge >= 0.3 is 0 Å². The van der Waals surface area contributed by atoms with Crippen LogP contribution in [0.15, 0.2) is 42.5 Å². The molecule has 1 atom stereocenters. The number of para-hydroxylation sites is 1. The van der Waals surface area contributed by atoms with Crippen LogP contribution in [0.3, 0.4) is 0 Å². The molecule has 0 saturated carbocycles. The van der Waals surface area contributed by atoms with Gasteiger partial charge in [0.15, 0.2) is 11.6 Å². The normalized spacial score (nSPS) is 12.1. The van der Waals surface area contributed by atoms with Gasteiger partial charge in [0.05, 0.1) is 18.2 Å². The Morgan fingerprint density at radius 2 is 1.76 bits per heavy atom. The number of aromatic nitrogens is 2. The summed E-state index contributed by atoms with van der Waals surface area (Å²) >= 11 is 0. The van der Waals surface area contributed by atoms with Crippen molar-refractivity contribution in [1.29, 1.82) is 0 Å². The van der Waals surface area contributed by atoms with Crippen molar-refractivity contribution in [2.75, 3.05) is 7.05 Å². The molecule has 1 heterocycles. The number of halogens is 3. The van der Waals surface area contributed by atoms with Crippen LogP contribution in [0.25, 0.3) is 5.69 Å². The molecule has 0 aliphatic heterocycles. The molecule has 1 unspecified atom stereocenters. The number of carbonyl (C=O) groups is 1. The highest BCUT2D eigenvalue weighted by Gasteiger charge is 2.23. The highest BCUT2D eigenvalue weighted by molar-refractivity contribution is 5.79. The lowest BCUT2D eigenvalue weighted by molar-refractivity contribution is -0.131. The van der Waals surface area contributed by atoms with E-state index in [9.17, 15) is 18.0 Å². The zero-order valence-electron chi connectivity index (χ0n) is 16.7. The molecule has 0 N–H and O–H groups in total. The number of rotatable bonds is 5. The molecule has 3 rings (SSSR count). The molecule has 4 nitrogen and oxygen atoms in total. The zero-order valence-corrected chi connectivity index (χ0v) is 16.7. The van der Waals surface area contributed by atoms with Crippen molar-refractivity contribution in [1.82, 2.24) is 14.7 Å². The Kier molecular flexibility index (Phi) is 5.77. The quantitative estimate of drug-likeness (QED) is 0.623. The highest BCUT2D eigenvalue weighted by Crippen LogP contribution is 2.24. The standard InChI is InChI=1S/C22H22F3N3O/c1-13-17(15(3)28(26-13)21-8-6-5-7-19(21)24)12-22(29)27(4)14(2)16-9-10-18(23)20(25)11-16/h5-11,14H,12H2,1-4H3. The van der Waals surface area contributed by atoms with E-state index in [1.165, 1.54) is 21.7 Å². The summed E-state index contributed by atoms with van der Waals surface area (Å²) in [6, 6.07) is 9.45. The molecule has 0 fully saturated rings. The number of aryl methyl sites for hydroxylation is 1. The van der Waals surface area contributed by atoms with E-state index in [-0.39, 0.29) is 12.3 Å². The number of hydrogen-bond acceptors (Lipinski definition) is 2. The molecule has 7 heteroatoms. The lowest BCUT2D eigenvalue weighted by Crippen LogP contribution is -2.31. The van der Waals surface area contributed by atoms with Gasteiger partial charge in [-0.1, -0.05) is 18.2 Å². The summed E-state index contributed by atoms with van der Waals surface area (Å²) in [6.45, 7) is 5.30. The second kappa shape index (κ2) is 8.11. The molecule has 3 aromatic rings. The Bertz CT molecular complexity index is 1060.